The van der Waals surface area contributed by atoms with Crippen molar-refractivity contribution in [2.75, 3.05) is 6.54 Å². The molecule has 2 amide bonds. The molecule has 2 N–H and O–H groups in total. The highest BCUT2D eigenvalue weighted by atomic mass is 32.1. The molecule has 0 aliphatic carbocycles. The van der Waals surface area contributed by atoms with Gasteiger partial charge in [0.25, 0.3) is 5.91 Å². The summed E-state index contributed by atoms with van der Waals surface area (Å²) in [5.41, 5.74) is 3.33. The third-order valence-corrected chi connectivity index (χ3v) is 3.52. The van der Waals surface area contributed by atoms with E-state index in [2.05, 4.69) is 10.8 Å². The van der Waals surface area contributed by atoms with Crippen LogP contribution in [0.5, 0.6) is 0 Å². The van der Waals surface area contributed by atoms with E-state index in [4.69, 9.17) is 4.84 Å². The van der Waals surface area contributed by atoms with Gasteiger partial charge in [0.15, 0.2) is 0 Å². The summed E-state index contributed by atoms with van der Waals surface area (Å²) in [7, 11) is 0. The van der Waals surface area contributed by atoms with Crippen LogP contribution >= 0.6 is 11.3 Å². The van der Waals surface area contributed by atoms with Gasteiger partial charge in [-0.1, -0.05) is 36.4 Å². The molecule has 0 spiro atoms. The molecule has 0 atom stereocenters. The molecule has 110 valence electrons. The fourth-order valence-electron chi connectivity index (χ4n) is 1.61. The molecule has 0 unspecified atom stereocenters. The van der Waals surface area contributed by atoms with Gasteiger partial charge in [-0.15, -0.1) is 11.3 Å². The number of hydrogen-bond acceptors (Lipinski definition) is 4. The van der Waals surface area contributed by atoms with Crippen molar-refractivity contribution < 1.29 is 14.4 Å². The van der Waals surface area contributed by atoms with Gasteiger partial charge in [-0.3, -0.25) is 14.4 Å². The summed E-state index contributed by atoms with van der Waals surface area (Å²) in [6.07, 6.45) is 0.173. The maximum absolute atomic E-state index is 11.6. The van der Waals surface area contributed by atoms with Crippen LogP contribution in [0.15, 0.2) is 47.8 Å². The highest BCUT2D eigenvalue weighted by molar-refractivity contribution is 7.12. The third kappa shape index (κ3) is 5.37. The number of carbonyl (C=O) groups is 2. The topological polar surface area (TPSA) is 67.4 Å². The molecular weight excluding hydrogens is 288 g/mol. The Balaban J connectivity index is 1.58. The highest BCUT2D eigenvalue weighted by Crippen LogP contribution is 2.07. The smallest absolute Gasteiger partial charge is 0.261 e. The van der Waals surface area contributed by atoms with Gasteiger partial charge >= 0.3 is 0 Å². The van der Waals surface area contributed by atoms with E-state index in [9.17, 15) is 9.59 Å². The Morgan fingerprint density at radius 1 is 1.10 bits per heavy atom. The molecule has 0 bridgehead atoms. The molecule has 6 heteroatoms. The first-order valence-corrected chi connectivity index (χ1v) is 7.40. The summed E-state index contributed by atoms with van der Waals surface area (Å²) < 4.78 is 0. The van der Waals surface area contributed by atoms with Crippen molar-refractivity contribution in [1.82, 2.24) is 10.8 Å². The van der Waals surface area contributed by atoms with E-state index in [-0.39, 0.29) is 24.8 Å². The second-order valence-electron chi connectivity index (χ2n) is 4.28. The number of amides is 2. The Hall–Kier alpha value is -2.18. The normalized spacial score (nSPS) is 10.1. The van der Waals surface area contributed by atoms with E-state index in [1.165, 1.54) is 11.3 Å². The van der Waals surface area contributed by atoms with Gasteiger partial charge in [0.05, 0.1) is 11.5 Å². The molecule has 0 saturated carbocycles. The zero-order valence-electron chi connectivity index (χ0n) is 11.4. The monoisotopic (exact) mass is 304 g/mol. The SMILES string of the molecule is O=C(CCNC(=O)c1cccs1)NOCc1ccccc1. The van der Waals surface area contributed by atoms with Gasteiger partial charge in [-0.05, 0) is 17.0 Å². The summed E-state index contributed by atoms with van der Waals surface area (Å²) in [4.78, 5) is 28.9. The fourth-order valence-corrected chi connectivity index (χ4v) is 2.25. The van der Waals surface area contributed by atoms with Crippen molar-refractivity contribution in [3.63, 3.8) is 0 Å². The van der Waals surface area contributed by atoms with Crippen LogP contribution in [0.2, 0.25) is 0 Å². The Labute approximate surface area is 126 Å². The number of hydroxylamine groups is 1. The van der Waals surface area contributed by atoms with Crippen LogP contribution in [0.25, 0.3) is 0 Å². The van der Waals surface area contributed by atoms with Gasteiger partial charge in [0.1, 0.15) is 0 Å². The van der Waals surface area contributed by atoms with E-state index >= 15 is 0 Å². The molecule has 21 heavy (non-hydrogen) atoms. The lowest BCUT2D eigenvalue weighted by Crippen LogP contribution is -2.30. The van der Waals surface area contributed by atoms with Gasteiger partial charge in [0.2, 0.25) is 5.91 Å². The molecule has 1 aromatic heterocycles. The third-order valence-electron chi connectivity index (χ3n) is 2.65. The van der Waals surface area contributed by atoms with Gasteiger partial charge in [-0.25, -0.2) is 5.48 Å². The Morgan fingerprint density at radius 3 is 2.62 bits per heavy atom. The minimum Gasteiger partial charge on any atom is -0.351 e. The summed E-state index contributed by atoms with van der Waals surface area (Å²) in [5, 5.41) is 4.51. The lowest BCUT2D eigenvalue weighted by molar-refractivity contribution is -0.134. The average molecular weight is 304 g/mol. The minimum atomic E-state index is -0.266. The number of rotatable bonds is 7. The standard InChI is InChI=1S/C15H16N2O3S/c18-14(17-20-11-12-5-2-1-3-6-12)8-9-16-15(19)13-7-4-10-21-13/h1-7,10H,8-9,11H2,(H,16,19)(H,17,18). The molecule has 0 aliphatic rings. The van der Waals surface area contributed by atoms with E-state index in [0.29, 0.717) is 11.5 Å². The summed E-state index contributed by atoms with van der Waals surface area (Å²) in [6, 6.07) is 13.1. The van der Waals surface area contributed by atoms with Gasteiger partial charge in [-0.2, -0.15) is 0 Å². The van der Waals surface area contributed by atoms with E-state index in [1.54, 1.807) is 6.07 Å². The predicted molar refractivity (Wildman–Crippen MR) is 80.6 cm³/mol. The largest absolute Gasteiger partial charge is 0.351 e. The van der Waals surface area contributed by atoms with Crippen LogP contribution in [-0.2, 0) is 16.2 Å². The Kier molecular flexibility index (Phi) is 5.93. The highest BCUT2D eigenvalue weighted by Gasteiger charge is 2.07. The molecule has 2 aromatic rings. The number of nitrogens with one attached hydrogen (secondary N) is 2. The molecule has 0 fully saturated rings. The van der Waals surface area contributed by atoms with Crippen LogP contribution in [0.3, 0.4) is 0 Å². The molecule has 0 aliphatic heterocycles. The average Bonchev–Trinajstić information content (AvgIpc) is 3.02. The second-order valence-corrected chi connectivity index (χ2v) is 5.23. The summed E-state index contributed by atoms with van der Waals surface area (Å²) >= 11 is 1.36. The molecule has 1 heterocycles. The van der Waals surface area contributed by atoms with Crippen LogP contribution in [0, 0.1) is 0 Å². The quantitative estimate of drug-likeness (QED) is 0.770. The minimum absolute atomic E-state index is 0.164. The van der Waals surface area contributed by atoms with Crippen LogP contribution in [-0.4, -0.2) is 18.4 Å². The van der Waals surface area contributed by atoms with E-state index < -0.39 is 0 Å². The van der Waals surface area contributed by atoms with Crippen molar-refractivity contribution in [2.24, 2.45) is 0 Å². The molecule has 1 aromatic carbocycles. The van der Waals surface area contributed by atoms with Crippen LogP contribution < -0.4 is 10.8 Å². The van der Waals surface area contributed by atoms with Gasteiger partial charge in [0, 0.05) is 13.0 Å². The van der Waals surface area contributed by atoms with E-state index in [1.807, 2.05) is 41.8 Å². The Morgan fingerprint density at radius 2 is 1.90 bits per heavy atom. The predicted octanol–water partition coefficient (Wildman–Crippen LogP) is 2.12. The maximum atomic E-state index is 11.6. The van der Waals surface area contributed by atoms with Crippen molar-refractivity contribution in [2.45, 2.75) is 13.0 Å². The molecule has 5 nitrogen and oxygen atoms in total. The number of thiophene rings is 1. The number of benzene rings is 1. The zero-order valence-corrected chi connectivity index (χ0v) is 12.2. The zero-order chi connectivity index (χ0) is 14.9. The second kappa shape index (κ2) is 8.18. The van der Waals surface area contributed by atoms with E-state index in [0.717, 1.165) is 5.56 Å². The maximum Gasteiger partial charge on any atom is 0.261 e. The number of hydrogen-bond donors (Lipinski definition) is 2. The van der Waals surface area contributed by atoms with Gasteiger partial charge < -0.3 is 5.32 Å². The van der Waals surface area contributed by atoms with Crippen molar-refractivity contribution in [3.8, 4) is 0 Å². The first-order valence-electron chi connectivity index (χ1n) is 6.52. The van der Waals surface area contributed by atoms with Crippen molar-refractivity contribution in [3.05, 3.63) is 58.3 Å². The van der Waals surface area contributed by atoms with Crippen molar-refractivity contribution >= 4 is 23.2 Å². The molecule has 0 saturated heterocycles. The van der Waals surface area contributed by atoms with Crippen LogP contribution in [0.4, 0.5) is 0 Å². The fraction of sp³-hybridized carbons (Fsp3) is 0.200. The molecular formula is C15H16N2O3S. The van der Waals surface area contributed by atoms with Crippen molar-refractivity contribution in [1.29, 1.82) is 0 Å². The Bertz CT molecular complexity index is 570. The van der Waals surface area contributed by atoms with Crippen LogP contribution in [0.1, 0.15) is 21.7 Å². The summed E-state index contributed by atoms with van der Waals surface area (Å²) in [6.45, 7) is 0.589. The molecule has 0 radical (unpaired) electrons. The first kappa shape index (κ1) is 15.2. The lowest BCUT2D eigenvalue weighted by Gasteiger charge is -2.06. The summed E-state index contributed by atoms with van der Waals surface area (Å²) in [5.74, 6) is -0.430. The number of carbonyl (C=O) groups excluding carboxylic acids is 2. The first-order chi connectivity index (χ1) is 10.3. The molecule has 2 rings (SSSR count). The lowest BCUT2D eigenvalue weighted by atomic mass is 10.2.